The van der Waals surface area contributed by atoms with E-state index in [9.17, 15) is 34.8 Å². The van der Waals surface area contributed by atoms with E-state index in [-0.39, 0.29) is 16.8 Å². The van der Waals surface area contributed by atoms with E-state index in [0.717, 1.165) is 45.8 Å². The lowest BCUT2D eigenvalue weighted by molar-refractivity contribution is -0.137. The molecule has 0 spiro atoms. The zero-order valence-corrected chi connectivity index (χ0v) is 54.8. The number of benzene rings is 5. The van der Waals surface area contributed by atoms with E-state index in [1.807, 2.05) is 61.5 Å². The average Bonchev–Trinajstić information content (AvgIpc) is 3.33. The molecule has 0 bridgehead atoms. The van der Waals surface area contributed by atoms with Crippen LogP contribution >= 0.6 is 0 Å². The van der Waals surface area contributed by atoms with Gasteiger partial charge in [0.2, 0.25) is 0 Å². The quantitative estimate of drug-likeness (QED) is 0.0956. The molecule has 0 saturated carbocycles. The number of pyridine rings is 1. The van der Waals surface area contributed by atoms with Gasteiger partial charge in [-0.05, 0) is 142 Å². The molecule has 1 heterocycles. The normalized spacial score (nSPS) is 11.1. The second-order valence-electron chi connectivity index (χ2n) is 21.3. The molecule has 0 unspecified atom stereocenters. The number of anilines is 1. The third-order valence-electron chi connectivity index (χ3n) is 12.9. The van der Waals surface area contributed by atoms with Crippen molar-refractivity contribution in [1.82, 2.24) is 4.98 Å². The predicted octanol–water partition coefficient (Wildman–Crippen LogP) is 15.8. The molecule has 0 aliphatic carbocycles. The van der Waals surface area contributed by atoms with Crippen molar-refractivity contribution in [1.29, 1.82) is 0 Å². The van der Waals surface area contributed by atoms with Gasteiger partial charge in [0.15, 0.2) is 42.7 Å². The Balaban J connectivity index is 0.000000504. The lowest BCUT2D eigenvalue weighted by Crippen LogP contribution is -2.11. The van der Waals surface area contributed by atoms with E-state index in [1.54, 1.807) is 73.7 Å². The number of esters is 1. The number of carbonyl (C=O) groups is 1. The Hall–Kier alpha value is -6.99. The minimum atomic E-state index is -4.43. The Morgan fingerprint density at radius 1 is 0.440 bits per heavy atom. The van der Waals surface area contributed by atoms with Gasteiger partial charge >= 0.3 is 12.1 Å². The van der Waals surface area contributed by atoms with Gasteiger partial charge in [-0.25, -0.2) is 26.6 Å². The molecule has 0 aliphatic rings. The van der Waals surface area contributed by atoms with Crippen molar-refractivity contribution in [2.24, 2.45) is 0 Å². The predicted molar refractivity (Wildman–Crippen MR) is 332 cm³/mol. The fourth-order valence-electron chi connectivity index (χ4n) is 7.60. The maximum absolute atomic E-state index is 12.4. The number of methoxy groups -OCH3 is 7. The highest BCUT2D eigenvalue weighted by Crippen LogP contribution is 2.35. The van der Waals surface area contributed by atoms with Crippen molar-refractivity contribution in [2.75, 3.05) is 68.0 Å². The highest BCUT2D eigenvalue weighted by molar-refractivity contribution is 7.91. The fraction of sp³-hybridized carbons (Fsp3) is 0.446. The summed E-state index contributed by atoms with van der Waals surface area (Å²) in [6.07, 6.45) is -0.637. The van der Waals surface area contributed by atoms with E-state index in [2.05, 4.69) is 91.1 Å². The first-order valence-corrected chi connectivity index (χ1v) is 31.0. The van der Waals surface area contributed by atoms with Crippen molar-refractivity contribution < 1.29 is 68.0 Å². The van der Waals surface area contributed by atoms with Crippen LogP contribution in [0.2, 0.25) is 0 Å². The zero-order valence-electron chi connectivity index (χ0n) is 53.2. The summed E-state index contributed by atoms with van der Waals surface area (Å²) in [4.78, 5) is 15.6. The standard InChI is InChI=1S/C12H16O3.C11H16O3S.C11H16O2S.2C11H16O2.C9H11F3N2/c1-8(2)9-5-6-10(12(13)15-4)11(7-9)14-3;1-8(2)9-5-6-11(15(4,12)13)10(7-9)14-3;1-8(2)10-5-6-11(9(3)7-10)14(4,12)13;2*1-8(2)9-5-6-10(12-3)11(7-9)13-4;1-5(2)6-3-7(9(10,11)12)8(13)14-4-6/h2*5-8H,1-4H3;5-8H,1-4H3;2*5-8H,1-4H3;3-5H,1-2H3,(H2,13,14). The van der Waals surface area contributed by atoms with Gasteiger partial charge in [-0.3, -0.25) is 0 Å². The number of aromatic nitrogens is 1. The number of nitrogens with two attached hydrogens (primary N) is 1. The van der Waals surface area contributed by atoms with Crippen LogP contribution in [0.4, 0.5) is 19.0 Å². The number of sulfone groups is 2. The number of ether oxygens (including phenoxy) is 7. The number of alkyl halides is 3. The number of hydrogen-bond donors (Lipinski definition) is 1. The maximum Gasteiger partial charge on any atom is 0.419 e. The van der Waals surface area contributed by atoms with E-state index in [0.29, 0.717) is 57.1 Å². The Morgan fingerprint density at radius 3 is 1.08 bits per heavy atom. The summed E-state index contributed by atoms with van der Waals surface area (Å²) >= 11 is 0. The van der Waals surface area contributed by atoms with Crippen molar-refractivity contribution in [2.45, 2.75) is 141 Å². The molecular weight excluding hydrogens is 1120 g/mol. The molecule has 0 radical (unpaired) electrons. The van der Waals surface area contributed by atoms with Crippen molar-refractivity contribution in [3.63, 3.8) is 0 Å². The second kappa shape index (κ2) is 34.7. The Morgan fingerprint density at radius 2 is 0.762 bits per heavy atom. The molecule has 0 fully saturated rings. The number of carbonyl (C=O) groups excluding carboxylic acids is 1. The van der Waals surface area contributed by atoms with Gasteiger partial charge in [-0.2, -0.15) is 13.2 Å². The van der Waals surface area contributed by atoms with Gasteiger partial charge in [0.1, 0.15) is 27.8 Å². The second-order valence-corrected chi connectivity index (χ2v) is 25.3. The van der Waals surface area contributed by atoms with Crippen molar-refractivity contribution in [3.05, 3.63) is 153 Å². The van der Waals surface area contributed by atoms with Crippen LogP contribution in [-0.4, -0.2) is 90.1 Å². The van der Waals surface area contributed by atoms with Crippen molar-refractivity contribution in [3.8, 4) is 34.5 Å². The Labute approximate surface area is 499 Å². The smallest absolute Gasteiger partial charge is 0.419 e. The zero-order chi connectivity index (χ0) is 64.6. The van der Waals surface area contributed by atoms with Gasteiger partial charge in [0.05, 0.1) is 60.2 Å². The number of halogens is 3. The van der Waals surface area contributed by atoms with Gasteiger partial charge < -0.3 is 38.9 Å². The lowest BCUT2D eigenvalue weighted by atomic mass is 10.0. The highest BCUT2D eigenvalue weighted by atomic mass is 32.2. The van der Waals surface area contributed by atoms with Crippen LogP contribution in [0, 0.1) is 6.92 Å². The van der Waals surface area contributed by atoms with E-state index in [4.69, 9.17) is 34.2 Å². The number of nitrogens with zero attached hydrogens (tertiary/aromatic N) is 1. The van der Waals surface area contributed by atoms with Gasteiger partial charge in [-0.15, -0.1) is 0 Å². The summed E-state index contributed by atoms with van der Waals surface area (Å²) in [5.74, 6) is 5.53. The van der Waals surface area contributed by atoms with Crippen LogP contribution < -0.4 is 34.2 Å². The minimum absolute atomic E-state index is 0.00389. The number of hydrogen-bond acceptors (Lipinski definition) is 14. The van der Waals surface area contributed by atoms with E-state index < -0.39 is 37.2 Å². The van der Waals surface area contributed by atoms with Crippen LogP contribution in [0.15, 0.2) is 113 Å². The van der Waals surface area contributed by atoms with Gasteiger partial charge in [-0.1, -0.05) is 119 Å². The first-order chi connectivity index (χ1) is 39.0. The third-order valence-corrected chi connectivity index (χ3v) is 15.3. The summed E-state index contributed by atoms with van der Waals surface area (Å²) in [5.41, 5.74) is 12.0. The number of rotatable bonds is 15. The molecule has 6 aromatic rings. The van der Waals surface area contributed by atoms with Crippen LogP contribution in [-0.2, 0) is 30.6 Å². The van der Waals surface area contributed by atoms with Crippen LogP contribution in [0.25, 0.3) is 0 Å². The molecule has 0 amide bonds. The van der Waals surface area contributed by atoms with Crippen LogP contribution in [0.3, 0.4) is 0 Å². The highest BCUT2D eigenvalue weighted by Gasteiger charge is 2.34. The summed E-state index contributed by atoms with van der Waals surface area (Å²) in [6, 6.07) is 29.3. The molecule has 14 nitrogen and oxygen atoms in total. The Kier molecular flexibility index (Phi) is 31.0. The van der Waals surface area contributed by atoms with Gasteiger partial charge in [0, 0.05) is 18.7 Å². The fourth-order valence-corrected chi connectivity index (χ4v) is 9.38. The molecule has 84 heavy (non-hydrogen) atoms. The molecule has 6 rings (SSSR count). The van der Waals surface area contributed by atoms with E-state index in [1.165, 1.54) is 49.6 Å². The number of nitrogen functional groups attached to an aromatic ring is 1. The van der Waals surface area contributed by atoms with E-state index >= 15 is 0 Å². The molecule has 466 valence electrons. The number of aryl methyl sites for hydroxylation is 1. The summed E-state index contributed by atoms with van der Waals surface area (Å²) in [5, 5.41) is 0. The minimum Gasteiger partial charge on any atom is -0.496 e. The summed E-state index contributed by atoms with van der Waals surface area (Å²) in [7, 11) is 4.70. The molecule has 0 atom stereocenters. The summed E-state index contributed by atoms with van der Waals surface area (Å²) < 4.78 is 118. The SMILES string of the molecule is CC(C)c1cnc(N)c(C(F)(F)F)c1.COC(=O)c1ccc(C(C)C)cc1OC.COc1cc(C(C)C)ccc1S(C)(=O)=O.COc1ccc(C(C)C)cc1OC.COc1ccc(C(C)C)cc1OC.Cc1cc(C(C)C)ccc1S(C)(=O)=O. The average molecular weight is 1210 g/mol. The molecular formula is C65H91F3N2O12S2. The lowest BCUT2D eigenvalue weighted by Gasteiger charge is -2.12. The summed E-state index contributed by atoms with van der Waals surface area (Å²) in [6.45, 7) is 26.5. The molecule has 2 N–H and O–H groups in total. The topological polar surface area (TPSA) is 189 Å². The van der Waals surface area contributed by atoms with Crippen LogP contribution in [0.1, 0.15) is 173 Å². The Bertz CT molecular complexity index is 3190. The molecule has 0 aliphatic heterocycles. The molecule has 5 aromatic carbocycles. The van der Waals surface area contributed by atoms with Crippen molar-refractivity contribution >= 4 is 31.5 Å². The first-order valence-electron chi connectivity index (χ1n) is 27.2. The van der Waals surface area contributed by atoms with Crippen LogP contribution in [0.5, 0.6) is 34.5 Å². The maximum atomic E-state index is 12.4. The monoisotopic (exact) mass is 1210 g/mol. The molecule has 1 aromatic heterocycles. The third kappa shape index (κ3) is 23.9. The first kappa shape index (κ1) is 75.0. The molecule has 19 heteroatoms. The molecule has 0 saturated heterocycles. The van der Waals surface area contributed by atoms with Gasteiger partial charge in [0.25, 0.3) is 0 Å². The largest absolute Gasteiger partial charge is 0.496 e.